The number of hydrogen-bond acceptors (Lipinski definition) is 3. The lowest BCUT2D eigenvalue weighted by atomic mass is 10.1. The van der Waals surface area contributed by atoms with Crippen molar-refractivity contribution in [3.63, 3.8) is 0 Å². The highest BCUT2D eigenvalue weighted by molar-refractivity contribution is 5.31. The number of benzene rings is 1. The van der Waals surface area contributed by atoms with Gasteiger partial charge in [0.2, 0.25) is 0 Å². The summed E-state index contributed by atoms with van der Waals surface area (Å²) in [6.45, 7) is -0.430. The van der Waals surface area contributed by atoms with Crippen molar-refractivity contribution in [3.05, 3.63) is 29.3 Å². The molecule has 1 fully saturated rings. The van der Waals surface area contributed by atoms with Crippen LogP contribution in [0.2, 0.25) is 0 Å². The van der Waals surface area contributed by atoms with Gasteiger partial charge in [-0.3, -0.25) is 0 Å². The van der Waals surface area contributed by atoms with Gasteiger partial charge in [-0.05, 0) is 37.0 Å². The van der Waals surface area contributed by atoms with Crippen LogP contribution < -0.4 is 4.74 Å². The third kappa shape index (κ3) is 3.42. The first-order valence-corrected chi connectivity index (χ1v) is 6.55. The van der Waals surface area contributed by atoms with Gasteiger partial charge in [-0.25, -0.2) is 8.78 Å². The molecule has 2 unspecified atom stereocenters. The second kappa shape index (κ2) is 6.30. The lowest BCUT2D eigenvalue weighted by molar-refractivity contribution is 0.0274. The minimum Gasteiger partial charge on any atom is -0.482 e. The van der Waals surface area contributed by atoms with Crippen LogP contribution in [0.1, 0.15) is 37.7 Å². The normalized spacial score (nSPS) is 24.0. The molecule has 3 nitrogen and oxygen atoms in total. The van der Waals surface area contributed by atoms with Crippen molar-refractivity contribution in [3.8, 4) is 5.75 Å². The fourth-order valence-corrected chi connectivity index (χ4v) is 2.36. The molecule has 0 radical (unpaired) electrons. The predicted octanol–water partition coefficient (Wildman–Crippen LogP) is 2.53. The summed E-state index contributed by atoms with van der Waals surface area (Å²) < 4.78 is 32.8. The van der Waals surface area contributed by atoms with Gasteiger partial charge in [0.25, 0.3) is 0 Å². The molecule has 2 N–H and O–H groups in total. The third-order valence-corrected chi connectivity index (χ3v) is 3.43. The van der Waals surface area contributed by atoms with Gasteiger partial charge < -0.3 is 14.9 Å². The van der Waals surface area contributed by atoms with E-state index in [1.165, 1.54) is 0 Å². The van der Waals surface area contributed by atoms with Crippen molar-refractivity contribution in [2.24, 2.45) is 0 Å². The molecule has 0 spiro atoms. The second-order valence-electron chi connectivity index (χ2n) is 4.91. The van der Waals surface area contributed by atoms with Crippen LogP contribution in [0, 0.1) is 11.6 Å². The Bertz CT molecular complexity index is 414. The Morgan fingerprint density at radius 1 is 1.11 bits per heavy atom. The lowest BCUT2D eigenvalue weighted by Crippen LogP contribution is -2.31. The van der Waals surface area contributed by atoms with E-state index in [1.54, 1.807) is 0 Å². The topological polar surface area (TPSA) is 49.7 Å². The first-order chi connectivity index (χ1) is 9.11. The summed E-state index contributed by atoms with van der Waals surface area (Å²) in [5, 5.41) is 18.7. The summed E-state index contributed by atoms with van der Waals surface area (Å²) in [4.78, 5) is 0. The van der Waals surface area contributed by atoms with Crippen molar-refractivity contribution in [1.29, 1.82) is 0 Å². The zero-order valence-corrected chi connectivity index (χ0v) is 10.6. The summed E-state index contributed by atoms with van der Waals surface area (Å²) in [5.74, 6) is -2.16. The second-order valence-corrected chi connectivity index (χ2v) is 4.91. The highest BCUT2D eigenvalue weighted by Crippen LogP contribution is 2.28. The average Bonchev–Trinajstić information content (AvgIpc) is 2.58. The van der Waals surface area contributed by atoms with Gasteiger partial charge in [0.05, 0.1) is 12.7 Å². The van der Waals surface area contributed by atoms with E-state index in [4.69, 9.17) is 9.84 Å². The molecule has 1 saturated carbocycles. The molecule has 1 aromatic carbocycles. The summed E-state index contributed by atoms with van der Waals surface area (Å²) in [5.41, 5.74) is 0.156. The molecule has 19 heavy (non-hydrogen) atoms. The Morgan fingerprint density at radius 2 is 1.74 bits per heavy atom. The molecule has 0 bridgehead atoms. The van der Waals surface area contributed by atoms with E-state index in [0.29, 0.717) is 12.8 Å². The molecule has 1 aromatic rings. The molecule has 5 heteroatoms. The Labute approximate surface area is 110 Å². The maximum absolute atomic E-state index is 13.7. The zero-order valence-electron chi connectivity index (χ0n) is 10.6. The molecule has 2 atom stereocenters. The Morgan fingerprint density at radius 3 is 2.37 bits per heavy atom. The summed E-state index contributed by atoms with van der Waals surface area (Å²) in [6, 6.07) is 2.09. The number of aliphatic hydroxyl groups is 2. The van der Waals surface area contributed by atoms with E-state index in [-0.39, 0.29) is 5.56 Å². The van der Waals surface area contributed by atoms with E-state index in [0.717, 1.165) is 31.4 Å². The first-order valence-electron chi connectivity index (χ1n) is 6.55. The van der Waals surface area contributed by atoms with Gasteiger partial charge in [0, 0.05) is 0 Å². The molecule has 1 aliphatic carbocycles. The molecule has 0 heterocycles. The molecule has 0 aliphatic heterocycles. The average molecular weight is 272 g/mol. The molecule has 0 aromatic heterocycles. The monoisotopic (exact) mass is 272 g/mol. The van der Waals surface area contributed by atoms with E-state index >= 15 is 0 Å². The molecule has 2 rings (SSSR count). The summed E-state index contributed by atoms with van der Waals surface area (Å²) in [7, 11) is 0. The van der Waals surface area contributed by atoms with Crippen molar-refractivity contribution in [2.75, 3.05) is 0 Å². The summed E-state index contributed by atoms with van der Waals surface area (Å²) in [6.07, 6.45) is 2.66. The maximum atomic E-state index is 13.7. The molecular formula is C14H18F2O3. The van der Waals surface area contributed by atoms with Crippen LogP contribution >= 0.6 is 0 Å². The Hall–Kier alpha value is -1.20. The van der Waals surface area contributed by atoms with Crippen LogP contribution in [-0.2, 0) is 6.61 Å². The van der Waals surface area contributed by atoms with Crippen LogP contribution in [0.4, 0.5) is 8.78 Å². The van der Waals surface area contributed by atoms with Gasteiger partial charge in [0.1, 0.15) is 6.10 Å². The molecule has 1 aliphatic rings. The van der Waals surface area contributed by atoms with E-state index in [1.807, 2.05) is 0 Å². The highest BCUT2D eigenvalue weighted by Gasteiger charge is 2.25. The van der Waals surface area contributed by atoms with Crippen LogP contribution in [0.15, 0.2) is 12.1 Å². The Balaban J connectivity index is 2.17. The molecule has 106 valence electrons. The van der Waals surface area contributed by atoms with Crippen LogP contribution in [0.5, 0.6) is 5.75 Å². The van der Waals surface area contributed by atoms with Gasteiger partial charge in [-0.15, -0.1) is 0 Å². The van der Waals surface area contributed by atoms with Crippen molar-refractivity contribution in [1.82, 2.24) is 0 Å². The van der Waals surface area contributed by atoms with E-state index in [9.17, 15) is 13.9 Å². The van der Waals surface area contributed by atoms with Crippen LogP contribution in [0.3, 0.4) is 0 Å². The third-order valence-electron chi connectivity index (χ3n) is 3.43. The van der Waals surface area contributed by atoms with Crippen LogP contribution in [0.25, 0.3) is 0 Å². The van der Waals surface area contributed by atoms with E-state index < -0.39 is 36.2 Å². The quantitative estimate of drug-likeness (QED) is 0.831. The summed E-state index contributed by atoms with van der Waals surface area (Å²) >= 11 is 0. The van der Waals surface area contributed by atoms with Gasteiger partial charge in [0.15, 0.2) is 17.4 Å². The van der Waals surface area contributed by atoms with Crippen molar-refractivity contribution >= 4 is 0 Å². The van der Waals surface area contributed by atoms with Crippen molar-refractivity contribution < 1.29 is 23.7 Å². The predicted molar refractivity (Wildman–Crippen MR) is 65.8 cm³/mol. The number of rotatable bonds is 3. The highest BCUT2D eigenvalue weighted by atomic mass is 19.1. The number of halogens is 2. The molecular weight excluding hydrogens is 254 g/mol. The smallest absolute Gasteiger partial charge is 0.191 e. The fourth-order valence-electron chi connectivity index (χ4n) is 2.36. The molecule has 0 amide bonds. The fraction of sp³-hybridized carbons (Fsp3) is 0.571. The number of ether oxygens (including phenoxy) is 1. The molecule has 0 saturated heterocycles. The van der Waals surface area contributed by atoms with Gasteiger partial charge >= 0.3 is 0 Å². The van der Waals surface area contributed by atoms with Gasteiger partial charge in [-0.1, -0.05) is 12.8 Å². The number of aliphatic hydroxyl groups excluding tert-OH is 2. The van der Waals surface area contributed by atoms with Gasteiger partial charge in [-0.2, -0.15) is 0 Å². The van der Waals surface area contributed by atoms with Crippen molar-refractivity contribution in [2.45, 2.75) is 50.9 Å². The Kier molecular flexibility index (Phi) is 4.71. The maximum Gasteiger partial charge on any atom is 0.191 e. The zero-order chi connectivity index (χ0) is 13.8. The first kappa shape index (κ1) is 14.2. The minimum absolute atomic E-state index is 0.156. The van der Waals surface area contributed by atoms with Crippen LogP contribution in [-0.4, -0.2) is 22.4 Å². The lowest BCUT2D eigenvalue weighted by Gasteiger charge is -2.22. The minimum atomic E-state index is -0.847. The number of hydrogen-bond donors (Lipinski definition) is 2. The largest absolute Gasteiger partial charge is 0.482 e. The van der Waals surface area contributed by atoms with E-state index in [2.05, 4.69) is 0 Å². The standard InChI is InChI=1S/C14H18F2O3/c15-10-6-9(8-17)7-11(16)14(10)19-13-5-3-1-2-4-12(13)18/h6-7,12-13,17-18H,1-5,8H2. The SMILES string of the molecule is OCc1cc(F)c(OC2CCCCCC2O)c(F)c1.